The van der Waals surface area contributed by atoms with Crippen molar-refractivity contribution in [3.8, 4) is 21.7 Å². The molecule has 0 saturated heterocycles. The monoisotopic (exact) mass is 264 g/mol. The number of nitrogens with zero attached hydrogens (tertiary/aromatic N) is 2. The summed E-state index contributed by atoms with van der Waals surface area (Å²) in [4.78, 5) is 11.4. The summed E-state index contributed by atoms with van der Waals surface area (Å²) in [5.41, 5.74) is 4.98. The van der Waals surface area contributed by atoms with Crippen LogP contribution in [0.4, 0.5) is 0 Å². The van der Waals surface area contributed by atoms with Crippen molar-refractivity contribution >= 4 is 11.3 Å². The molecule has 0 aliphatic heterocycles. The zero-order valence-electron chi connectivity index (χ0n) is 10.3. The molecule has 4 rings (SSSR count). The van der Waals surface area contributed by atoms with Crippen LogP contribution in [-0.4, -0.2) is 9.97 Å². The Kier molecular flexibility index (Phi) is 2.45. The average Bonchev–Trinajstić information content (AvgIpc) is 2.93. The molecule has 1 aliphatic carbocycles. The van der Waals surface area contributed by atoms with Gasteiger partial charge in [-0.1, -0.05) is 30.3 Å². The average molecular weight is 264 g/mol. The van der Waals surface area contributed by atoms with E-state index in [4.69, 9.17) is 0 Å². The van der Waals surface area contributed by atoms with Crippen LogP contribution in [0.25, 0.3) is 21.7 Å². The second-order valence-electron chi connectivity index (χ2n) is 4.71. The molecule has 3 heteroatoms. The lowest BCUT2D eigenvalue weighted by Crippen LogP contribution is -2.03. The van der Waals surface area contributed by atoms with Crippen LogP contribution >= 0.6 is 11.3 Å². The predicted octanol–water partition coefficient (Wildman–Crippen LogP) is 3.97. The van der Waals surface area contributed by atoms with Crippen LogP contribution in [0.5, 0.6) is 0 Å². The lowest BCUT2D eigenvalue weighted by Gasteiger charge is -2.13. The molecule has 3 aromatic rings. The Bertz CT molecular complexity index is 732. The highest BCUT2D eigenvalue weighted by Gasteiger charge is 2.20. The minimum absolute atomic E-state index is 1.05. The summed E-state index contributed by atoms with van der Waals surface area (Å²) in [7, 11) is 0. The third-order valence-electron chi connectivity index (χ3n) is 3.53. The molecule has 2 nitrogen and oxygen atoms in total. The van der Waals surface area contributed by atoms with Crippen molar-refractivity contribution in [1.82, 2.24) is 9.97 Å². The Morgan fingerprint density at radius 3 is 2.84 bits per heavy atom. The van der Waals surface area contributed by atoms with Crippen molar-refractivity contribution in [2.24, 2.45) is 0 Å². The van der Waals surface area contributed by atoms with E-state index in [0.717, 1.165) is 18.5 Å². The maximum Gasteiger partial charge on any atom is 0.116 e. The van der Waals surface area contributed by atoms with E-state index in [9.17, 15) is 0 Å². The fourth-order valence-corrected chi connectivity index (χ4v) is 3.76. The van der Waals surface area contributed by atoms with E-state index in [1.54, 1.807) is 6.33 Å². The second kappa shape index (κ2) is 4.28. The molecule has 2 aromatic heterocycles. The number of aromatic nitrogens is 2. The maximum atomic E-state index is 4.46. The molecule has 0 spiro atoms. The molecule has 0 fully saturated rings. The van der Waals surface area contributed by atoms with Gasteiger partial charge in [0.1, 0.15) is 6.33 Å². The quantitative estimate of drug-likeness (QED) is 0.664. The highest BCUT2D eigenvalue weighted by molar-refractivity contribution is 7.16. The van der Waals surface area contributed by atoms with Gasteiger partial charge in [0.05, 0.1) is 5.69 Å². The van der Waals surface area contributed by atoms with Crippen molar-refractivity contribution in [3.05, 3.63) is 59.4 Å². The molecule has 1 aliphatic rings. The molecule has 0 unspecified atom stereocenters. The fourth-order valence-electron chi connectivity index (χ4n) is 2.59. The van der Waals surface area contributed by atoms with E-state index in [0.29, 0.717) is 0 Å². The molecular formula is C16H12N2S. The minimum atomic E-state index is 1.05. The van der Waals surface area contributed by atoms with Gasteiger partial charge in [-0.15, -0.1) is 11.3 Å². The number of fused-ring (bicyclic) bond motifs is 3. The van der Waals surface area contributed by atoms with E-state index in [2.05, 4.69) is 46.4 Å². The van der Waals surface area contributed by atoms with Crippen LogP contribution in [0.3, 0.4) is 0 Å². The van der Waals surface area contributed by atoms with E-state index in [1.165, 1.54) is 26.4 Å². The number of benzene rings is 1. The van der Waals surface area contributed by atoms with Crippen LogP contribution in [0.2, 0.25) is 0 Å². The van der Waals surface area contributed by atoms with Crippen molar-refractivity contribution in [2.75, 3.05) is 0 Å². The Morgan fingerprint density at radius 2 is 1.95 bits per heavy atom. The predicted molar refractivity (Wildman–Crippen MR) is 78.2 cm³/mol. The van der Waals surface area contributed by atoms with Gasteiger partial charge < -0.3 is 0 Å². The Labute approximate surface area is 115 Å². The first kappa shape index (κ1) is 10.9. The Hall–Kier alpha value is -2.00. The zero-order valence-corrected chi connectivity index (χ0v) is 11.2. The molecule has 0 bridgehead atoms. The van der Waals surface area contributed by atoms with E-state index in [-0.39, 0.29) is 0 Å². The van der Waals surface area contributed by atoms with E-state index in [1.807, 2.05) is 17.5 Å². The van der Waals surface area contributed by atoms with Crippen molar-refractivity contribution < 1.29 is 0 Å². The van der Waals surface area contributed by atoms with Gasteiger partial charge in [-0.2, -0.15) is 0 Å². The molecule has 0 amide bonds. The molecule has 0 radical (unpaired) electrons. The van der Waals surface area contributed by atoms with Crippen LogP contribution in [0.1, 0.15) is 10.4 Å². The van der Waals surface area contributed by atoms with Crippen LogP contribution < -0.4 is 0 Å². The largest absolute Gasteiger partial charge is 0.244 e. The number of hydrogen-bond donors (Lipinski definition) is 0. The van der Waals surface area contributed by atoms with Crippen LogP contribution in [0, 0.1) is 0 Å². The van der Waals surface area contributed by atoms with Gasteiger partial charge in [0, 0.05) is 21.5 Å². The molecule has 92 valence electrons. The fraction of sp³-hybridized carbons (Fsp3) is 0.125. The van der Waals surface area contributed by atoms with Gasteiger partial charge >= 0.3 is 0 Å². The Balaban J connectivity index is 1.88. The van der Waals surface area contributed by atoms with Crippen molar-refractivity contribution in [3.63, 3.8) is 0 Å². The van der Waals surface area contributed by atoms with Crippen LogP contribution in [-0.2, 0) is 12.8 Å². The summed E-state index contributed by atoms with van der Waals surface area (Å²) in [5, 5.41) is 0. The van der Waals surface area contributed by atoms with Crippen LogP contribution in [0.15, 0.2) is 48.9 Å². The number of thiophene rings is 1. The zero-order chi connectivity index (χ0) is 12.7. The van der Waals surface area contributed by atoms with Gasteiger partial charge in [0.2, 0.25) is 0 Å². The molecule has 19 heavy (non-hydrogen) atoms. The van der Waals surface area contributed by atoms with E-state index < -0.39 is 0 Å². The summed E-state index contributed by atoms with van der Waals surface area (Å²) in [6, 6.07) is 12.8. The molecule has 1 aromatic carbocycles. The summed E-state index contributed by atoms with van der Waals surface area (Å²) in [5.74, 6) is 0. The third-order valence-corrected chi connectivity index (χ3v) is 4.78. The molecule has 0 N–H and O–H groups in total. The van der Waals surface area contributed by atoms with Gasteiger partial charge in [0.25, 0.3) is 0 Å². The minimum Gasteiger partial charge on any atom is -0.244 e. The van der Waals surface area contributed by atoms with Gasteiger partial charge in [0.15, 0.2) is 0 Å². The number of rotatable bonds is 1. The summed E-state index contributed by atoms with van der Waals surface area (Å²) < 4.78 is 0. The first-order chi connectivity index (χ1) is 9.42. The van der Waals surface area contributed by atoms with Crippen molar-refractivity contribution in [1.29, 1.82) is 0 Å². The van der Waals surface area contributed by atoms with Gasteiger partial charge in [-0.25, -0.2) is 9.97 Å². The lowest BCUT2D eigenvalue weighted by atomic mass is 9.96. The first-order valence-electron chi connectivity index (χ1n) is 6.39. The molecular weight excluding hydrogens is 252 g/mol. The topological polar surface area (TPSA) is 25.8 Å². The maximum absolute atomic E-state index is 4.46. The molecule has 0 atom stereocenters. The lowest BCUT2D eigenvalue weighted by molar-refractivity contribution is 0.928. The standard InChI is InChI=1S/C16H12N2S/c1-2-4-11(5-3-1)15-8-13-14(19-15)7-6-12-9-17-10-18-16(12)13/h1-5,8-10H,6-7H2. The summed E-state index contributed by atoms with van der Waals surface area (Å²) >= 11 is 1.89. The number of aryl methyl sites for hydroxylation is 2. The SMILES string of the molecule is c1ccc(-c2cc3c(s2)CCc2cncnc2-3)cc1. The molecule has 2 heterocycles. The number of hydrogen-bond acceptors (Lipinski definition) is 3. The highest BCUT2D eigenvalue weighted by atomic mass is 32.1. The molecule has 0 saturated carbocycles. The summed E-state index contributed by atoms with van der Waals surface area (Å²) in [6.45, 7) is 0. The third kappa shape index (κ3) is 1.78. The second-order valence-corrected chi connectivity index (χ2v) is 5.85. The first-order valence-corrected chi connectivity index (χ1v) is 7.21. The van der Waals surface area contributed by atoms with Gasteiger partial charge in [-0.05, 0) is 30.0 Å². The Morgan fingerprint density at radius 1 is 1.05 bits per heavy atom. The summed E-state index contributed by atoms with van der Waals surface area (Å²) in [6.07, 6.45) is 5.75. The van der Waals surface area contributed by atoms with Gasteiger partial charge in [-0.3, -0.25) is 0 Å². The van der Waals surface area contributed by atoms with Crippen molar-refractivity contribution in [2.45, 2.75) is 12.8 Å². The highest BCUT2D eigenvalue weighted by Crippen LogP contribution is 2.40. The normalized spacial score (nSPS) is 12.8. The smallest absolute Gasteiger partial charge is 0.116 e. The van der Waals surface area contributed by atoms with E-state index >= 15 is 0 Å².